The number of carbonyl (C=O) groups excluding carboxylic acids is 1. The summed E-state index contributed by atoms with van der Waals surface area (Å²) < 4.78 is 6.25. The Hall–Kier alpha value is -3.63. The van der Waals surface area contributed by atoms with E-state index in [1.165, 1.54) is 18.2 Å². The number of rotatable bonds is 5. The average molecular weight is 395 g/mol. The minimum Gasteiger partial charge on any atom is -0.497 e. The van der Waals surface area contributed by atoms with E-state index in [1.807, 2.05) is 12.1 Å². The lowest BCUT2D eigenvalue weighted by molar-refractivity contribution is -0.117. The van der Waals surface area contributed by atoms with Gasteiger partial charge in [0.2, 0.25) is 5.91 Å². The van der Waals surface area contributed by atoms with Gasteiger partial charge in [0, 0.05) is 16.7 Å². The highest BCUT2D eigenvalue weighted by atomic mass is 35.5. The van der Waals surface area contributed by atoms with Crippen LogP contribution in [0.2, 0.25) is 5.02 Å². The van der Waals surface area contributed by atoms with Crippen molar-refractivity contribution in [1.29, 1.82) is 5.26 Å². The van der Waals surface area contributed by atoms with Gasteiger partial charge in [-0.1, -0.05) is 23.7 Å². The van der Waals surface area contributed by atoms with Gasteiger partial charge in [-0.2, -0.15) is 10.4 Å². The van der Waals surface area contributed by atoms with E-state index in [0.29, 0.717) is 16.5 Å². The Morgan fingerprint density at radius 1 is 1.25 bits per heavy atom. The van der Waals surface area contributed by atoms with Crippen LogP contribution in [0, 0.1) is 11.3 Å². The molecule has 3 aromatic rings. The van der Waals surface area contributed by atoms with E-state index < -0.39 is 11.5 Å². The fraction of sp³-hybridized carbons (Fsp3) is 0.100. The van der Waals surface area contributed by atoms with Crippen molar-refractivity contribution in [2.24, 2.45) is 0 Å². The predicted molar refractivity (Wildman–Crippen MR) is 105 cm³/mol. The Bertz CT molecular complexity index is 1130. The minimum atomic E-state index is -0.504. The molecule has 0 saturated heterocycles. The molecule has 1 amide bonds. The first kappa shape index (κ1) is 19.1. The number of benzene rings is 2. The van der Waals surface area contributed by atoms with Crippen LogP contribution in [0.5, 0.6) is 5.75 Å². The third-order valence-corrected chi connectivity index (χ3v) is 4.14. The number of nitriles is 1. The molecule has 0 saturated carbocycles. The summed E-state index contributed by atoms with van der Waals surface area (Å²) in [5.74, 6) is 0.149. The Morgan fingerprint density at radius 2 is 2.07 bits per heavy atom. The molecule has 0 bridgehead atoms. The highest BCUT2D eigenvalue weighted by Gasteiger charge is 2.11. The number of aromatic nitrogens is 2. The molecular weight excluding hydrogens is 380 g/mol. The van der Waals surface area contributed by atoms with Crippen LogP contribution in [-0.2, 0) is 11.3 Å². The van der Waals surface area contributed by atoms with Crippen molar-refractivity contribution in [2.75, 3.05) is 12.4 Å². The molecule has 0 unspecified atom stereocenters. The summed E-state index contributed by atoms with van der Waals surface area (Å²) in [6.07, 6.45) is 0. The first-order chi connectivity index (χ1) is 13.5. The van der Waals surface area contributed by atoms with Gasteiger partial charge in [0.1, 0.15) is 18.4 Å². The molecule has 0 aliphatic rings. The second-order valence-electron chi connectivity index (χ2n) is 5.80. The maximum Gasteiger partial charge on any atom is 0.267 e. The summed E-state index contributed by atoms with van der Waals surface area (Å²) in [7, 11) is 1.56. The Labute approximate surface area is 165 Å². The molecule has 2 aromatic carbocycles. The van der Waals surface area contributed by atoms with Crippen LogP contribution in [0.3, 0.4) is 0 Å². The van der Waals surface area contributed by atoms with E-state index in [9.17, 15) is 9.59 Å². The highest BCUT2D eigenvalue weighted by Crippen LogP contribution is 2.22. The maximum atomic E-state index is 12.4. The number of methoxy groups -OCH3 is 1. The molecule has 1 heterocycles. The topological polar surface area (TPSA) is 97.0 Å². The number of ether oxygens (including phenoxy) is 1. The van der Waals surface area contributed by atoms with Crippen molar-refractivity contribution in [3.63, 3.8) is 0 Å². The van der Waals surface area contributed by atoms with Crippen LogP contribution in [0.1, 0.15) is 5.56 Å². The van der Waals surface area contributed by atoms with Crippen molar-refractivity contribution in [2.45, 2.75) is 6.54 Å². The van der Waals surface area contributed by atoms with Gasteiger partial charge < -0.3 is 10.1 Å². The Kier molecular flexibility index (Phi) is 5.72. The van der Waals surface area contributed by atoms with Gasteiger partial charge in [-0.25, -0.2) is 4.68 Å². The Balaban J connectivity index is 1.84. The summed E-state index contributed by atoms with van der Waals surface area (Å²) in [5.41, 5.74) is 1.38. The van der Waals surface area contributed by atoms with Crippen LogP contribution < -0.4 is 15.6 Å². The lowest BCUT2D eigenvalue weighted by Gasteiger charge is -2.10. The molecule has 0 aliphatic carbocycles. The molecule has 140 valence electrons. The van der Waals surface area contributed by atoms with Gasteiger partial charge in [-0.3, -0.25) is 9.59 Å². The lowest BCUT2D eigenvalue weighted by atomic mass is 10.1. The fourth-order valence-corrected chi connectivity index (χ4v) is 2.71. The molecule has 3 rings (SSSR count). The molecule has 1 N–H and O–H groups in total. The molecule has 0 atom stereocenters. The number of hydrogen-bond acceptors (Lipinski definition) is 5. The number of carbonyl (C=O) groups is 1. The predicted octanol–water partition coefficient (Wildman–Crippen LogP) is 3.08. The van der Waals surface area contributed by atoms with Crippen molar-refractivity contribution >= 4 is 23.2 Å². The van der Waals surface area contributed by atoms with Crippen molar-refractivity contribution < 1.29 is 9.53 Å². The molecule has 8 heteroatoms. The molecule has 0 fully saturated rings. The average Bonchev–Trinajstić information content (AvgIpc) is 2.70. The quantitative estimate of drug-likeness (QED) is 0.717. The SMILES string of the molecule is COc1cccc(-c2ccc(=O)n(CC(=O)Nc3cc(Cl)ccc3C#N)n2)c1. The monoisotopic (exact) mass is 394 g/mol. The number of nitrogens with zero attached hydrogens (tertiary/aromatic N) is 3. The van der Waals surface area contributed by atoms with Crippen LogP contribution in [0.25, 0.3) is 11.3 Å². The molecular formula is C20H15ClN4O3. The molecule has 0 spiro atoms. The summed E-state index contributed by atoms with van der Waals surface area (Å²) in [6, 6.07) is 16.6. The Morgan fingerprint density at radius 3 is 2.82 bits per heavy atom. The summed E-state index contributed by atoms with van der Waals surface area (Å²) in [4.78, 5) is 24.5. The van der Waals surface area contributed by atoms with Crippen LogP contribution >= 0.6 is 11.6 Å². The van der Waals surface area contributed by atoms with E-state index in [4.69, 9.17) is 21.6 Å². The highest BCUT2D eigenvalue weighted by molar-refractivity contribution is 6.31. The van der Waals surface area contributed by atoms with Gasteiger partial charge in [0.15, 0.2) is 0 Å². The van der Waals surface area contributed by atoms with E-state index >= 15 is 0 Å². The number of halogens is 1. The van der Waals surface area contributed by atoms with Gasteiger partial charge in [-0.05, 0) is 36.4 Å². The van der Waals surface area contributed by atoms with E-state index in [2.05, 4.69) is 10.4 Å². The van der Waals surface area contributed by atoms with Crippen LogP contribution in [0.4, 0.5) is 5.69 Å². The first-order valence-corrected chi connectivity index (χ1v) is 8.60. The van der Waals surface area contributed by atoms with Gasteiger partial charge in [0.25, 0.3) is 5.56 Å². The zero-order valence-electron chi connectivity index (χ0n) is 14.8. The second kappa shape index (κ2) is 8.37. The summed E-state index contributed by atoms with van der Waals surface area (Å²) in [6.45, 7) is -0.311. The first-order valence-electron chi connectivity index (χ1n) is 8.22. The summed E-state index contributed by atoms with van der Waals surface area (Å²) >= 11 is 5.92. The molecule has 0 aliphatic heterocycles. The molecule has 0 radical (unpaired) electrons. The normalized spacial score (nSPS) is 10.2. The zero-order chi connectivity index (χ0) is 20.1. The van der Waals surface area contributed by atoms with Gasteiger partial charge >= 0.3 is 0 Å². The fourth-order valence-electron chi connectivity index (χ4n) is 2.54. The molecule has 7 nitrogen and oxygen atoms in total. The van der Waals surface area contributed by atoms with Crippen molar-refractivity contribution in [1.82, 2.24) is 9.78 Å². The van der Waals surface area contributed by atoms with E-state index in [1.54, 1.807) is 37.4 Å². The van der Waals surface area contributed by atoms with Gasteiger partial charge in [-0.15, -0.1) is 0 Å². The largest absolute Gasteiger partial charge is 0.497 e. The molecule has 1 aromatic heterocycles. The standard InChI is InChI=1S/C20H15ClN4O3/c1-28-16-4-2-3-13(9-16)17-7-8-20(27)25(24-17)12-19(26)23-18-10-15(21)6-5-14(18)11-22/h2-10H,12H2,1H3,(H,23,26). The number of hydrogen-bond donors (Lipinski definition) is 1. The summed E-state index contributed by atoms with van der Waals surface area (Å²) in [5, 5.41) is 16.4. The van der Waals surface area contributed by atoms with E-state index in [0.717, 1.165) is 10.2 Å². The zero-order valence-corrected chi connectivity index (χ0v) is 15.6. The van der Waals surface area contributed by atoms with Crippen molar-refractivity contribution in [3.8, 4) is 23.1 Å². The van der Waals surface area contributed by atoms with E-state index in [-0.39, 0.29) is 17.8 Å². The smallest absolute Gasteiger partial charge is 0.267 e. The van der Waals surface area contributed by atoms with Gasteiger partial charge in [0.05, 0.1) is 24.1 Å². The van der Waals surface area contributed by atoms with Crippen molar-refractivity contribution in [3.05, 3.63) is 75.5 Å². The van der Waals surface area contributed by atoms with Crippen LogP contribution in [0.15, 0.2) is 59.4 Å². The second-order valence-corrected chi connectivity index (χ2v) is 6.23. The third kappa shape index (κ3) is 4.37. The molecule has 28 heavy (non-hydrogen) atoms. The number of nitrogens with one attached hydrogen (secondary N) is 1. The number of anilines is 1. The van der Waals surface area contributed by atoms with Crippen LogP contribution in [-0.4, -0.2) is 22.8 Å². The number of amides is 1. The third-order valence-electron chi connectivity index (χ3n) is 3.90. The lowest BCUT2D eigenvalue weighted by Crippen LogP contribution is -2.29. The minimum absolute atomic E-state index is 0.267. The maximum absolute atomic E-state index is 12.4.